The molecule has 82 valence electrons. The maximum absolute atomic E-state index is 11.8. The maximum atomic E-state index is 11.8. The van der Waals surface area contributed by atoms with Crippen molar-refractivity contribution in [3.63, 3.8) is 0 Å². The molecule has 1 atom stereocenters. The van der Waals surface area contributed by atoms with Crippen molar-refractivity contribution in [1.29, 1.82) is 0 Å². The van der Waals surface area contributed by atoms with Crippen LogP contribution in [0.25, 0.3) is 0 Å². The highest BCUT2D eigenvalue weighted by Gasteiger charge is 2.42. The number of hydrogen-bond donors (Lipinski definition) is 2. The molecule has 0 aromatic rings. The lowest BCUT2D eigenvalue weighted by molar-refractivity contribution is -0.130. The van der Waals surface area contributed by atoms with Gasteiger partial charge in [-0.1, -0.05) is 20.8 Å². The van der Waals surface area contributed by atoms with Crippen molar-refractivity contribution in [2.75, 3.05) is 6.54 Å². The molecule has 3 nitrogen and oxygen atoms in total. The highest BCUT2D eigenvalue weighted by molar-refractivity contribution is 5.82. The minimum absolute atomic E-state index is 0.0948. The van der Waals surface area contributed by atoms with Gasteiger partial charge in [-0.25, -0.2) is 0 Å². The summed E-state index contributed by atoms with van der Waals surface area (Å²) in [6.45, 7) is 8.35. The molecular weight excluding hydrogens is 176 g/mol. The summed E-state index contributed by atoms with van der Waals surface area (Å²) in [5.41, 5.74) is 5.21. The summed E-state index contributed by atoms with van der Waals surface area (Å²) in [4.78, 5) is 11.8. The lowest BCUT2D eigenvalue weighted by atomic mass is 9.90. The first-order valence-electron chi connectivity index (χ1n) is 5.32. The SMILES string of the molecule is CC(C)(C)C(=O)NC(C)(CN)C1CC1. The fourth-order valence-electron chi connectivity index (χ4n) is 1.49. The molecule has 0 spiro atoms. The highest BCUT2D eigenvalue weighted by atomic mass is 16.2. The molecule has 1 aliphatic carbocycles. The summed E-state index contributed by atoms with van der Waals surface area (Å²) in [5, 5.41) is 3.08. The van der Waals surface area contributed by atoms with Crippen LogP contribution >= 0.6 is 0 Å². The van der Waals surface area contributed by atoms with Crippen molar-refractivity contribution in [3.05, 3.63) is 0 Å². The zero-order valence-corrected chi connectivity index (χ0v) is 9.68. The molecule has 0 saturated heterocycles. The molecule has 0 radical (unpaired) electrons. The number of hydrogen-bond acceptors (Lipinski definition) is 2. The summed E-state index contributed by atoms with van der Waals surface area (Å²) in [5.74, 6) is 0.677. The van der Waals surface area contributed by atoms with Crippen LogP contribution in [-0.4, -0.2) is 18.0 Å². The molecule has 14 heavy (non-hydrogen) atoms. The Morgan fingerprint density at radius 2 is 1.86 bits per heavy atom. The van der Waals surface area contributed by atoms with Crippen molar-refractivity contribution in [2.24, 2.45) is 17.1 Å². The van der Waals surface area contributed by atoms with E-state index in [0.29, 0.717) is 12.5 Å². The quantitative estimate of drug-likeness (QED) is 0.717. The number of nitrogens with one attached hydrogen (secondary N) is 1. The molecule has 0 aliphatic heterocycles. The maximum Gasteiger partial charge on any atom is 0.225 e. The minimum atomic E-state index is -0.328. The molecule has 1 rings (SSSR count). The van der Waals surface area contributed by atoms with E-state index in [4.69, 9.17) is 5.73 Å². The van der Waals surface area contributed by atoms with Gasteiger partial charge >= 0.3 is 0 Å². The van der Waals surface area contributed by atoms with Crippen LogP contribution in [-0.2, 0) is 4.79 Å². The third-order valence-electron chi connectivity index (χ3n) is 2.98. The second-order valence-corrected chi connectivity index (χ2v) is 5.60. The van der Waals surface area contributed by atoms with Crippen LogP contribution in [0.5, 0.6) is 0 Å². The van der Waals surface area contributed by atoms with E-state index in [1.54, 1.807) is 0 Å². The number of amides is 1. The van der Waals surface area contributed by atoms with Crippen molar-refractivity contribution >= 4 is 5.91 Å². The zero-order chi connectivity index (χ0) is 11.0. The molecule has 1 saturated carbocycles. The monoisotopic (exact) mass is 198 g/mol. The number of nitrogens with two attached hydrogens (primary N) is 1. The zero-order valence-electron chi connectivity index (χ0n) is 9.68. The average molecular weight is 198 g/mol. The fourth-order valence-corrected chi connectivity index (χ4v) is 1.49. The van der Waals surface area contributed by atoms with Gasteiger partial charge in [0, 0.05) is 12.0 Å². The summed E-state index contributed by atoms with van der Waals surface area (Å²) in [7, 11) is 0. The molecule has 0 bridgehead atoms. The summed E-state index contributed by atoms with van der Waals surface area (Å²) < 4.78 is 0. The Kier molecular flexibility index (Phi) is 2.91. The fraction of sp³-hybridized carbons (Fsp3) is 0.909. The smallest absolute Gasteiger partial charge is 0.225 e. The van der Waals surface area contributed by atoms with Crippen LogP contribution in [0.1, 0.15) is 40.5 Å². The first kappa shape index (κ1) is 11.5. The van der Waals surface area contributed by atoms with Gasteiger partial charge in [0.1, 0.15) is 0 Å². The molecular formula is C11H22N2O. The van der Waals surface area contributed by atoms with Gasteiger partial charge in [-0.05, 0) is 25.7 Å². The van der Waals surface area contributed by atoms with Crippen molar-refractivity contribution in [1.82, 2.24) is 5.32 Å². The second kappa shape index (κ2) is 3.54. The molecule has 1 fully saturated rings. The minimum Gasteiger partial charge on any atom is -0.349 e. The number of carbonyl (C=O) groups excluding carboxylic acids is 1. The third-order valence-corrected chi connectivity index (χ3v) is 2.98. The molecule has 1 amide bonds. The van der Waals surface area contributed by atoms with E-state index in [0.717, 1.165) is 0 Å². The van der Waals surface area contributed by atoms with Crippen LogP contribution < -0.4 is 11.1 Å². The Morgan fingerprint density at radius 1 is 1.36 bits per heavy atom. The predicted molar refractivity (Wildman–Crippen MR) is 57.8 cm³/mol. The van der Waals surface area contributed by atoms with E-state index in [2.05, 4.69) is 5.32 Å². The molecule has 0 heterocycles. The molecule has 3 N–H and O–H groups in total. The highest BCUT2D eigenvalue weighted by Crippen LogP contribution is 2.39. The van der Waals surface area contributed by atoms with E-state index in [-0.39, 0.29) is 16.9 Å². The number of rotatable bonds is 3. The average Bonchev–Trinajstić information content (AvgIpc) is 2.84. The van der Waals surface area contributed by atoms with E-state index in [9.17, 15) is 4.79 Å². The van der Waals surface area contributed by atoms with Crippen LogP contribution in [0, 0.1) is 11.3 Å². The summed E-state index contributed by atoms with van der Waals surface area (Å²) >= 11 is 0. The lowest BCUT2D eigenvalue weighted by Crippen LogP contribution is -2.55. The van der Waals surface area contributed by atoms with Gasteiger partial charge in [0.25, 0.3) is 0 Å². The van der Waals surface area contributed by atoms with Crippen molar-refractivity contribution in [2.45, 2.75) is 46.1 Å². The summed E-state index contributed by atoms with van der Waals surface area (Å²) in [6.07, 6.45) is 2.39. The molecule has 3 heteroatoms. The Balaban J connectivity index is 2.61. The van der Waals surface area contributed by atoms with Gasteiger partial charge in [0.15, 0.2) is 0 Å². The predicted octanol–water partition coefficient (Wildman–Crippen LogP) is 1.28. The standard InChI is InChI=1S/C11H22N2O/c1-10(2,3)9(14)13-11(4,7-12)8-5-6-8/h8H,5-7,12H2,1-4H3,(H,13,14). The van der Waals surface area contributed by atoms with Crippen molar-refractivity contribution in [3.8, 4) is 0 Å². The molecule has 1 unspecified atom stereocenters. The van der Waals surface area contributed by atoms with Crippen molar-refractivity contribution < 1.29 is 4.79 Å². The van der Waals surface area contributed by atoms with E-state index >= 15 is 0 Å². The second-order valence-electron chi connectivity index (χ2n) is 5.60. The molecule has 1 aliphatic rings. The molecule has 0 aromatic carbocycles. The van der Waals surface area contributed by atoms with E-state index < -0.39 is 0 Å². The van der Waals surface area contributed by atoms with E-state index in [1.165, 1.54) is 12.8 Å². The first-order chi connectivity index (χ1) is 6.29. The van der Waals surface area contributed by atoms with Gasteiger partial charge < -0.3 is 11.1 Å². The van der Waals surface area contributed by atoms with Gasteiger partial charge in [-0.2, -0.15) is 0 Å². The molecule has 0 aromatic heterocycles. The summed E-state index contributed by atoms with van der Waals surface area (Å²) in [6, 6.07) is 0. The Hall–Kier alpha value is -0.570. The largest absolute Gasteiger partial charge is 0.349 e. The van der Waals surface area contributed by atoms with Crippen LogP contribution in [0.3, 0.4) is 0 Å². The Labute approximate surface area is 86.4 Å². The Bertz CT molecular complexity index is 228. The third kappa shape index (κ3) is 2.47. The Morgan fingerprint density at radius 3 is 2.14 bits per heavy atom. The first-order valence-corrected chi connectivity index (χ1v) is 5.32. The lowest BCUT2D eigenvalue weighted by Gasteiger charge is -2.32. The van der Waals surface area contributed by atoms with E-state index in [1.807, 2.05) is 27.7 Å². The van der Waals surface area contributed by atoms with Gasteiger partial charge in [0.05, 0.1) is 5.54 Å². The number of carbonyl (C=O) groups is 1. The van der Waals surface area contributed by atoms with Crippen LogP contribution in [0.2, 0.25) is 0 Å². The van der Waals surface area contributed by atoms with Crippen LogP contribution in [0.15, 0.2) is 0 Å². The van der Waals surface area contributed by atoms with Gasteiger partial charge in [-0.15, -0.1) is 0 Å². The normalized spacial score (nSPS) is 21.5. The van der Waals surface area contributed by atoms with Gasteiger partial charge in [-0.3, -0.25) is 4.79 Å². The topological polar surface area (TPSA) is 55.1 Å². The van der Waals surface area contributed by atoms with Crippen LogP contribution in [0.4, 0.5) is 0 Å². The van der Waals surface area contributed by atoms with Gasteiger partial charge in [0.2, 0.25) is 5.91 Å².